The van der Waals surface area contributed by atoms with Crippen molar-refractivity contribution in [2.24, 2.45) is 0 Å². The highest BCUT2D eigenvalue weighted by Crippen LogP contribution is 2.22. The van der Waals surface area contributed by atoms with Crippen molar-refractivity contribution in [2.45, 2.75) is 50.0 Å². The molecule has 0 amide bonds. The van der Waals surface area contributed by atoms with Gasteiger partial charge < -0.3 is 24.6 Å². The van der Waals surface area contributed by atoms with Crippen molar-refractivity contribution < 1.29 is 19.3 Å². The number of ether oxygens (including phenoxy) is 3. The van der Waals surface area contributed by atoms with Gasteiger partial charge in [0, 0.05) is 26.3 Å². The summed E-state index contributed by atoms with van der Waals surface area (Å²) in [6.07, 6.45) is 4.48. The lowest BCUT2D eigenvalue weighted by atomic mass is 9.89. The van der Waals surface area contributed by atoms with Crippen LogP contribution in [0.5, 0.6) is 0 Å². The first-order chi connectivity index (χ1) is 8.78. The summed E-state index contributed by atoms with van der Waals surface area (Å²) >= 11 is 0. The maximum absolute atomic E-state index is 9.76. The van der Waals surface area contributed by atoms with Gasteiger partial charge in [0.2, 0.25) is 0 Å². The molecule has 2 fully saturated rings. The second-order valence-electron chi connectivity index (χ2n) is 5.26. The minimum atomic E-state index is -0.437. The molecule has 0 spiro atoms. The van der Waals surface area contributed by atoms with E-state index in [-0.39, 0.29) is 6.10 Å². The Hall–Kier alpha value is -0.200. The average molecular weight is 259 g/mol. The van der Waals surface area contributed by atoms with Crippen molar-refractivity contribution in [3.63, 3.8) is 0 Å². The van der Waals surface area contributed by atoms with Crippen molar-refractivity contribution in [3.05, 3.63) is 0 Å². The van der Waals surface area contributed by atoms with Gasteiger partial charge in [0.25, 0.3) is 0 Å². The van der Waals surface area contributed by atoms with Crippen molar-refractivity contribution in [2.75, 3.05) is 33.5 Å². The molecular formula is C13H25NO4. The van der Waals surface area contributed by atoms with Crippen molar-refractivity contribution >= 4 is 0 Å². The largest absolute Gasteiger partial charge is 0.389 e. The molecule has 5 heteroatoms. The average Bonchev–Trinajstić information content (AvgIpc) is 2.80. The molecule has 1 saturated heterocycles. The van der Waals surface area contributed by atoms with Gasteiger partial charge in [-0.05, 0) is 25.7 Å². The van der Waals surface area contributed by atoms with Crippen LogP contribution in [0.1, 0.15) is 25.7 Å². The lowest BCUT2D eigenvalue weighted by Crippen LogP contribution is -2.48. The van der Waals surface area contributed by atoms with E-state index in [0.717, 1.165) is 32.3 Å². The topological polar surface area (TPSA) is 60.0 Å². The summed E-state index contributed by atoms with van der Waals surface area (Å²) < 4.78 is 16.1. The highest BCUT2D eigenvalue weighted by Gasteiger charge is 2.28. The minimum Gasteiger partial charge on any atom is -0.389 e. The Morgan fingerprint density at radius 3 is 2.94 bits per heavy atom. The van der Waals surface area contributed by atoms with Gasteiger partial charge in [0.15, 0.2) is 0 Å². The molecule has 2 rings (SSSR count). The van der Waals surface area contributed by atoms with Crippen LogP contribution in [0.15, 0.2) is 0 Å². The van der Waals surface area contributed by atoms with Crippen LogP contribution < -0.4 is 5.32 Å². The molecule has 0 bridgehead atoms. The first-order valence-corrected chi connectivity index (χ1v) is 6.91. The van der Waals surface area contributed by atoms with E-state index in [0.29, 0.717) is 31.9 Å². The number of rotatable bonds is 8. The number of aliphatic hydroxyl groups is 1. The molecule has 0 aromatic carbocycles. The summed E-state index contributed by atoms with van der Waals surface area (Å²) in [4.78, 5) is 0. The van der Waals surface area contributed by atoms with Gasteiger partial charge in [-0.2, -0.15) is 0 Å². The third-order valence-electron chi connectivity index (χ3n) is 3.71. The smallest absolute Gasteiger partial charge is 0.0897 e. The molecule has 1 saturated carbocycles. The summed E-state index contributed by atoms with van der Waals surface area (Å²) in [5.41, 5.74) is 0. The molecule has 0 aromatic heterocycles. The van der Waals surface area contributed by atoms with Gasteiger partial charge in [-0.1, -0.05) is 0 Å². The second-order valence-corrected chi connectivity index (χ2v) is 5.26. The third-order valence-corrected chi connectivity index (χ3v) is 3.71. The zero-order chi connectivity index (χ0) is 12.8. The Labute approximate surface area is 109 Å². The number of hydrogen-bond donors (Lipinski definition) is 2. The van der Waals surface area contributed by atoms with E-state index in [1.807, 2.05) is 0 Å². The molecule has 2 unspecified atom stereocenters. The molecule has 18 heavy (non-hydrogen) atoms. The summed E-state index contributed by atoms with van der Waals surface area (Å²) in [5.74, 6) is 0. The Morgan fingerprint density at radius 1 is 1.44 bits per heavy atom. The maximum atomic E-state index is 9.76. The fraction of sp³-hybridized carbons (Fsp3) is 1.00. The minimum absolute atomic E-state index is 0.235. The van der Waals surface area contributed by atoms with E-state index < -0.39 is 6.10 Å². The van der Waals surface area contributed by atoms with Gasteiger partial charge in [-0.3, -0.25) is 0 Å². The second kappa shape index (κ2) is 7.40. The first-order valence-electron chi connectivity index (χ1n) is 6.91. The predicted molar refractivity (Wildman–Crippen MR) is 67.6 cm³/mol. The van der Waals surface area contributed by atoms with Crippen molar-refractivity contribution in [1.82, 2.24) is 5.32 Å². The summed E-state index contributed by atoms with van der Waals surface area (Å²) in [6.45, 7) is 2.42. The molecule has 0 aromatic rings. The van der Waals surface area contributed by atoms with Crippen LogP contribution in [0.4, 0.5) is 0 Å². The number of hydrogen-bond acceptors (Lipinski definition) is 5. The molecule has 106 valence electrons. The summed E-state index contributed by atoms with van der Waals surface area (Å²) in [7, 11) is 1.74. The molecule has 0 radical (unpaired) electrons. The zero-order valence-electron chi connectivity index (χ0n) is 11.1. The molecule has 5 nitrogen and oxygen atoms in total. The van der Waals surface area contributed by atoms with Crippen LogP contribution in [0.3, 0.4) is 0 Å². The highest BCUT2D eigenvalue weighted by molar-refractivity contribution is 4.86. The van der Waals surface area contributed by atoms with E-state index in [4.69, 9.17) is 14.2 Å². The Morgan fingerprint density at radius 2 is 2.28 bits per heavy atom. The van der Waals surface area contributed by atoms with E-state index >= 15 is 0 Å². The molecule has 1 aliphatic carbocycles. The Kier molecular flexibility index (Phi) is 5.85. The van der Waals surface area contributed by atoms with Gasteiger partial charge in [0.05, 0.1) is 31.5 Å². The lowest BCUT2D eigenvalue weighted by molar-refractivity contribution is -0.0218. The molecule has 2 atom stereocenters. The van der Waals surface area contributed by atoms with E-state index in [1.165, 1.54) is 0 Å². The quantitative estimate of drug-likeness (QED) is 0.657. The fourth-order valence-corrected chi connectivity index (χ4v) is 2.40. The van der Waals surface area contributed by atoms with E-state index in [1.54, 1.807) is 7.11 Å². The standard InChI is InChI=1S/C13H25NO4/c1-16-13-5-10(6-13)14-7-11(15)8-17-9-12-3-2-4-18-12/h10-15H,2-9H2,1H3. The Bertz CT molecular complexity index is 227. The zero-order valence-corrected chi connectivity index (χ0v) is 11.1. The van der Waals surface area contributed by atoms with Crippen LogP contribution >= 0.6 is 0 Å². The van der Waals surface area contributed by atoms with Crippen LogP contribution in [-0.2, 0) is 14.2 Å². The first kappa shape index (κ1) is 14.2. The molecule has 2 aliphatic rings. The van der Waals surface area contributed by atoms with Crippen LogP contribution in [0.2, 0.25) is 0 Å². The number of methoxy groups -OCH3 is 1. The van der Waals surface area contributed by atoms with E-state index in [2.05, 4.69) is 5.32 Å². The molecule has 1 aliphatic heterocycles. The van der Waals surface area contributed by atoms with Gasteiger partial charge in [-0.25, -0.2) is 0 Å². The van der Waals surface area contributed by atoms with E-state index in [9.17, 15) is 5.11 Å². The normalized spacial score (nSPS) is 33.3. The summed E-state index contributed by atoms with van der Waals surface area (Å²) in [6, 6.07) is 0.489. The number of nitrogens with one attached hydrogen (secondary N) is 1. The highest BCUT2D eigenvalue weighted by atomic mass is 16.5. The SMILES string of the molecule is COC1CC(NCC(O)COCC2CCCO2)C1. The third kappa shape index (κ3) is 4.48. The summed E-state index contributed by atoms with van der Waals surface area (Å²) in [5, 5.41) is 13.1. The van der Waals surface area contributed by atoms with Crippen LogP contribution in [0.25, 0.3) is 0 Å². The molecular weight excluding hydrogens is 234 g/mol. The van der Waals surface area contributed by atoms with Gasteiger partial charge in [-0.15, -0.1) is 0 Å². The van der Waals surface area contributed by atoms with Gasteiger partial charge in [0.1, 0.15) is 0 Å². The fourth-order valence-electron chi connectivity index (χ4n) is 2.40. The molecule has 2 N–H and O–H groups in total. The van der Waals surface area contributed by atoms with Gasteiger partial charge >= 0.3 is 0 Å². The molecule has 1 heterocycles. The Balaban J connectivity index is 1.44. The monoisotopic (exact) mass is 259 g/mol. The van der Waals surface area contributed by atoms with Crippen LogP contribution in [0, 0.1) is 0 Å². The predicted octanol–water partition coefficient (Wildman–Crippen LogP) is 0.310. The van der Waals surface area contributed by atoms with Crippen molar-refractivity contribution in [1.29, 1.82) is 0 Å². The number of aliphatic hydroxyl groups excluding tert-OH is 1. The maximum Gasteiger partial charge on any atom is 0.0897 e. The lowest BCUT2D eigenvalue weighted by Gasteiger charge is -2.35. The van der Waals surface area contributed by atoms with Crippen molar-refractivity contribution in [3.8, 4) is 0 Å². The van der Waals surface area contributed by atoms with Crippen LogP contribution in [-0.4, -0.2) is 62.9 Å².